The maximum atomic E-state index is 10.8. The van der Waals surface area contributed by atoms with Gasteiger partial charge in [-0.3, -0.25) is 0 Å². The second-order valence-corrected chi connectivity index (χ2v) is 4.17. The molecule has 12 heavy (non-hydrogen) atoms. The summed E-state index contributed by atoms with van der Waals surface area (Å²) in [5, 5.41) is 4.93. The zero-order chi connectivity index (χ0) is 9.35. The van der Waals surface area contributed by atoms with Crippen LogP contribution in [-0.4, -0.2) is 8.42 Å². The molecule has 0 heterocycles. The van der Waals surface area contributed by atoms with Crippen molar-refractivity contribution in [2.45, 2.75) is 4.90 Å². The minimum Gasteiger partial charge on any atom is -0.399 e. The Kier molecular flexibility index (Phi) is 2.27. The molecule has 4 nitrogen and oxygen atoms in total. The summed E-state index contributed by atoms with van der Waals surface area (Å²) in [6.07, 6.45) is 0. The fourth-order valence-corrected chi connectivity index (χ4v) is 1.82. The second kappa shape index (κ2) is 2.93. The Morgan fingerprint density at radius 2 is 1.92 bits per heavy atom. The monoisotopic (exact) mass is 206 g/mol. The number of rotatable bonds is 1. The Balaban J connectivity index is 3.43. The van der Waals surface area contributed by atoms with Gasteiger partial charge in [-0.15, -0.1) is 0 Å². The van der Waals surface area contributed by atoms with Gasteiger partial charge in [0, 0.05) is 5.69 Å². The van der Waals surface area contributed by atoms with E-state index in [-0.39, 0.29) is 9.92 Å². The number of hydrogen-bond acceptors (Lipinski definition) is 3. The number of anilines is 1. The number of nitrogen functional groups attached to an aromatic ring is 1. The molecule has 1 aromatic rings. The van der Waals surface area contributed by atoms with Crippen molar-refractivity contribution in [2.75, 3.05) is 5.73 Å². The van der Waals surface area contributed by atoms with Crippen LogP contribution in [0.3, 0.4) is 0 Å². The highest BCUT2D eigenvalue weighted by atomic mass is 35.5. The summed E-state index contributed by atoms with van der Waals surface area (Å²) in [6.45, 7) is 0. The van der Waals surface area contributed by atoms with Crippen LogP contribution in [0, 0.1) is 0 Å². The van der Waals surface area contributed by atoms with Crippen LogP contribution >= 0.6 is 11.6 Å². The molecular formula is C6H7ClN2O2S. The van der Waals surface area contributed by atoms with E-state index in [0.29, 0.717) is 5.69 Å². The highest BCUT2D eigenvalue weighted by Crippen LogP contribution is 2.21. The molecule has 0 atom stereocenters. The number of nitrogens with two attached hydrogens (primary N) is 2. The van der Waals surface area contributed by atoms with E-state index < -0.39 is 10.0 Å². The van der Waals surface area contributed by atoms with Crippen LogP contribution in [0.25, 0.3) is 0 Å². The fraction of sp³-hybridized carbons (Fsp3) is 0. The van der Waals surface area contributed by atoms with Gasteiger partial charge in [-0.25, -0.2) is 13.6 Å². The minimum atomic E-state index is -3.77. The zero-order valence-corrected chi connectivity index (χ0v) is 7.56. The predicted molar refractivity (Wildman–Crippen MR) is 47.2 cm³/mol. The van der Waals surface area contributed by atoms with Gasteiger partial charge in [-0.2, -0.15) is 0 Å². The van der Waals surface area contributed by atoms with Crippen LogP contribution in [0.5, 0.6) is 0 Å². The van der Waals surface area contributed by atoms with E-state index in [0.717, 1.165) is 0 Å². The molecule has 66 valence electrons. The molecule has 6 heteroatoms. The molecule has 0 fully saturated rings. The van der Waals surface area contributed by atoms with E-state index >= 15 is 0 Å². The number of halogens is 1. The molecule has 0 bridgehead atoms. The number of sulfonamides is 1. The van der Waals surface area contributed by atoms with Crippen molar-refractivity contribution >= 4 is 27.3 Å². The highest BCUT2D eigenvalue weighted by Gasteiger charge is 2.12. The van der Waals surface area contributed by atoms with Crippen molar-refractivity contribution in [3.05, 3.63) is 23.2 Å². The zero-order valence-electron chi connectivity index (χ0n) is 5.99. The lowest BCUT2D eigenvalue weighted by Crippen LogP contribution is -2.12. The highest BCUT2D eigenvalue weighted by molar-refractivity contribution is 7.89. The molecule has 0 aromatic heterocycles. The molecule has 0 saturated carbocycles. The summed E-state index contributed by atoms with van der Waals surface area (Å²) in [4.78, 5) is -0.149. The topological polar surface area (TPSA) is 86.2 Å². The van der Waals surface area contributed by atoms with Gasteiger partial charge in [-0.05, 0) is 18.2 Å². The Hall–Kier alpha value is -0.780. The summed E-state index contributed by atoms with van der Waals surface area (Å²) in [5.41, 5.74) is 5.65. The van der Waals surface area contributed by atoms with Gasteiger partial charge in [0.05, 0.1) is 5.02 Å². The first kappa shape index (κ1) is 9.31. The third kappa shape index (κ3) is 1.88. The van der Waals surface area contributed by atoms with E-state index in [1.165, 1.54) is 18.2 Å². The summed E-state index contributed by atoms with van der Waals surface area (Å²) in [6, 6.07) is 4.10. The predicted octanol–water partition coefficient (Wildman–Crippen LogP) is 0.570. The van der Waals surface area contributed by atoms with Crippen LogP contribution in [-0.2, 0) is 10.0 Å². The number of hydrogen-bond donors (Lipinski definition) is 2. The van der Waals surface area contributed by atoms with Crippen LogP contribution in [0.4, 0.5) is 5.69 Å². The van der Waals surface area contributed by atoms with E-state index in [2.05, 4.69) is 0 Å². The number of benzene rings is 1. The van der Waals surface area contributed by atoms with Gasteiger partial charge in [-0.1, -0.05) is 11.6 Å². The third-order valence-electron chi connectivity index (χ3n) is 1.26. The van der Waals surface area contributed by atoms with Crippen molar-refractivity contribution in [1.29, 1.82) is 0 Å². The number of primary sulfonamides is 1. The lowest BCUT2D eigenvalue weighted by molar-refractivity contribution is 0.598. The molecule has 4 N–H and O–H groups in total. The first-order valence-electron chi connectivity index (χ1n) is 2.99. The van der Waals surface area contributed by atoms with Gasteiger partial charge in [0.25, 0.3) is 0 Å². The summed E-state index contributed by atoms with van der Waals surface area (Å²) in [5.74, 6) is 0. The molecule has 0 spiro atoms. The maximum Gasteiger partial charge on any atom is 0.239 e. The standard InChI is InChI=1S/C6H7ClN2O2S/c7-5-2-1-4(8)3-6(5)12(9,10)11/h1-3H,8H2,(H2,9,10,11). The molecule has 0 unspecified atom stereocenters. The molecule has 1 aromatic carbocycles. The van der Waals surface area contributed by atoms with Crippen molar-refractivity contribution in [2.24, 2.45) is 5.14 Å². The van der Waals surface area contributed by atoms with Crippen LogP contribution in [0.2, 0.25) is 5.02 Å². The van der Waals surface area contributed by atoms with Crippen molar-refractivity contribution in [1.82, 2.24) is 0 Å². The Morgan fingerprint density at radius 1 is 1.33 bits per heavy atom. The molecule has 1 rings (SSSR count). The van der Waals surface area contributed by atoms with Crippen LogP contribution < -0.4 is 10.9 Å². The molecule has 0 aliphatic rings. The first-order chi connectivity index (χ1) is 5.41. The molecule has 0 radical (unpaired) electrons. The van der Waals surface area contributed by atoms with Crippen molar-refractivity contribution in [3.63, 3.8) is 0 Å². The van der Waals surface area contributed by atoms with Gasteiger partial charge in [0.15, 0.2) is 0 Å². The Morgan fingerprint density at radius 3 is 2.33 bits per heavy atom. The summed E-state index contributed by atoms with van der Waals surface area (Å²) in [7, 11) is -3.77. The molecule has 0 saturated heterocycles. The van der Waals surface area contributed by atoms with E-state index in [1.807, 2.05) is 0 Å². The quantitative estimate of drug-likeness (QED) is 0.659. The molecular weight excluding hydrogens is 200 g/mol. The van der Waals surface area contributed by atoms with Gasteiger partial charge in [0.2, 0.25) is 10.0 Å². The maximum absolute atomic E-state index is 10.8. The SMILES string of the molecule is Nc1ccc(Cl)c(S(N)(=O)=O)c1. The fourth-order valence-electron chi connectivity index (χ4n) is 0.738. The van der Waals surface area contributed by atoms with Crippen molar-refractivity contribution < 1.29 is 8.42 Å². The smallest absolute Gasteiger partial charge is 0.239 e. The average Bonchev–Trinajstić information content (AvgIpc) is 1.92. The van der Waals surface area contributed by atoms with Gasteiger partial charge >= 0.3 is 0 Å². The Bertz CT molecular complexity index is 402. The lowest BCUT2D eigenvalue weighted by Gasteiger charge is -2.01. The first-order valence-corrected chi connectivity index (χ1v) is 4.91. The second-order valence-electron chi connectivity index (χ2n) is 2.23. The van der Waals surface area contributed by atoms with Crippen LogP contribution in [0.15, 0.2) is 23.1 Å². The van der Waals surface area contributed by atoms with Gasteiger partial charge < -0.3 is 5.73 Å². The average molecular weight is 207 g/mol. The van der Waals surface area contributed by atoms with Crippen LogP contribution in [0.1, 0.15) is 0 Å². The van der Waals surface area contributed by atoms with E-state index in [9.17, 15) is 8.42 Å². The summed E-state index contributed by atoms with van der Waals surface area (Å²) < 4.78 is 21.7. The van der Waals surface area contributed by atoms with Crippen molar-refractivity contribution in [3.8, 4) is 0 Å². The van der Waals surface area contributed by atoms with E-state index in [1.54, 1.807) is 0 Å². The molecule has 0 amide bonds. The van der Waals surface area contributed by atoms with E-state index in [4.69, 9.17) is 22.5 Å². The largest absolute Gasteiger partial charge is 0.399 e. The molecule has 0 aliphatic carbocycles. The third-order valence-corrected chi connectivity index (χ3v) is 2.65. The Labute approximate surface area is 75.2 Å². The normalized spacial score (nSPS) is 11.5. The summed E-state index contributed by atoms with van der Waals surface area (Å²) >= 11 is 5.57. The lowest BCUT2D eigenvalue weighted by atomic mass is 10.3. The minimum absolute atomic E-state index is 0.0756. The molecule has 0 aliphatic heterocycles. The van der Waals surface area contributed by atoms with Gasteiger partial charge in [0.1, 0.15) is 4.90 Å².